The number of pyridine rings is 1. The summed E-state index contributed by atoms with van der Waals surface area (Å²) in [6.45, 7) is 0. The fourth-order valence-corrected chi connectivity index (χ4v) is 1.93. The van der Waals surface area contributed by atoms with Crippen LogP contribution in [0.3, 0.4) is 0 Å². The van der Waals surface area contributed by atoms with Gasteiger partial charge in [0.2, 0.25) is 5.89 Å². The first-order valence-corrected chi connectivity index (χ1v) is 6.36. The Bertz CT molecular complexity index is 667. The van der Waals surface area contributed by atoms with Gasteiger partial charge in [-0.25, -0.2) is 0 Å². The molecule has 3 rings (SSSR count). The van der Waals surface area contributed by atoms with Crippen LogP contribution in [-0.2, 0) is 6.42 Å². The molecular weight excluding hydrogens is 252 g/mol. The molecule has 0 saturated carbocycles. The molecule has 0 aliphatic carbocycles. The summed E-state index contributed by atoms with van der Waals surface area (Å²) in [6.07, 6.45) is 2.28. The number of aromatic nitrogens is 3. The molecule has 2 aromatic heterocycles. The summed E-state index contributed by atoms with van der Waals surface area (Å²) in [6, 6.07) is 15.0. The maximum atomic E-state index is 6.11. The summed E-state index contributed by atoms with van der Waals surface area (Å²) in [7, 11) is 0. The van der Waals surface area contributed by atoms with Crippen LogP contribution in [0, 0.1) is 0 Å². The second-order valence-electron chi connectivity index (χ2n) is 4.44. The molecule has 2 heterocycles. The number of hydrogen-bond donors (Lipinski definition) is 1. The zero-order valence-corrected chi connectivity index (χ0v) is 10.8. The molecule has 0 fully saturated rings. The van der Waals surface area contributed by atoms with Gasteiger partial charge in [0.15, 0.2) is 5.82 Å². The van der Waals surface area contributed by atoms with Crippen LogP contribution in [-0.4, -0.2) is 15.1 Å². The zero-order valence-electron chi connectivity index (χ0n) is 10.8. The second kappa shape index (κ2) is 5.63. The van der Waals surface area contributed by atoms with Crippen molar-refractivity contribution in [3.63, 3.8) is 0 Å². The van der Waals surface area contributed by atoms with Gasteiger partial charge in [0.25, 0.3) is 0 Å². The quantitative estimate of drug-likeness (QED) is 0.782. The zero-order chi connectivity index (χ0) is 13.8. The number of benzene rings is 1. The van der Waals surface area contributed by atoms with E-state index >= 15 is 0 Å². The monoisotopic (exact) mass is 266 g/mol. The average molecular weight is 266 g/mol. The third kappa shape index (κ3) is 2.73. The molecule has 0 amide bonds. The van der Waals surface area contributed by atoms with Crippen LogP contribution in [0.2, 0.25) is 0 Å². The Hall–Kier alpha value is -2.53. The van der Waals surface area contributed by atoms with Gasteiger partial charge in [0, 0.05) is 11.9 Å². The first-order chi connectivity index (χ1) is 9.83. The van der Waals surface area contributed by atoms with Gasteiger partial charge >= 0.3 is 0 Å². The highest BCUT2D eigenvalue weighted by molar-refractivity contribution is 5.23. The minimum Gasteiger partial charge on any atom is -0.337 e. The van der Waals surface area contributed by atoms with E-state index in [1.807, 2.05) is 48.5 Å². The van der Waals surface area contributed by atoms with Crippen molar-refractivity contribution in [2.75, 3.05) is 0 Å². The summed E-state index contributed by atoms with van der Waals surface area (Å²) in [4.78, 5) is 8.57. The molecule has 0 bridgehead atoms. The van der Waals surface area contributed by atoms with Crippen LogP contribution in [0.15, 0.2) is 59.3 Å². The molecule has 2 N–H and O–H groups in total. The molecule has 5 heteroatoms. The number of hydrogen-bond acceptors (Lipinski definition) is 5. The Labute approximate surface area is 116 Å². The summed E-state index contributed by atoms with van der Waals surface area (Å²) in [5, 5.41) is 3.95. The summed E-state index contributed by atoms with van der Waals surface area (Å²) < 4.78 is 5.24. The van der Waals surface area contributed by atoms with Crippen molar-refractivity contribution in [3.05, 3.63) is 77.7 Å². The van der Waals surface area contributed by atoms with Crippen molar-refractivity contribution >= 4 is 0 Å². The van der Waals surface area contributed by atoms with E-state index in [0.717, 1.165) is 11.3 Å². The molecule has 1 aromatic carbocycles. The summed E-state index contributed by atoms with van der Waals surface area (Å²) >= 11 is 0. The van der Waals surface area contributed by atoms with Crippen molar-refractivity contribution in [3.8, 4) is 0 Å². The van der Waals surface area contributed by atoms with Gasteiger partial charge in [-0.15, -0.1) is 0 Å². The largest absolute Gasteiger partial charge is 0.337 e. The number of nitrogens with zero attached hydrogens (tertiary/aromatic N) is 3. The predicted octanol–water partition coefficient (Wildman–Crippen LogP) is 2.10. The van der Waals surface area contributed by atoms with Crippen molar-refractivity contribution in [1.82, 2.24) is 15.1 Å². The molecule has 20 heavy (non-hydrogen) atoms. The van der Waals surface area contributed by atoms with Crippen LogP contribution in [0.5, 0.6) is 0 Å². The fourth-order valence-electron chi connectivity index (χ4n) is 1.93. The minimum atomic E-state index is -0.402. The van der Waals surface area contributed by atoms with Gasteiger partial charge in [0.1, 0.15) is 6.04 Å². The maximum absolute atomic E-state index is 6.11. The van der Waals surface area contributed by atoms with E-state index in [0.29, 0.717) is 18.1 Å². The van der Waals surface area contributed by atoms with Crippen LogP contribution in [0.4, 0.5) is 0 Å². The topological polar surface area (TPSA) is 77.8 Å². The Morgan fingerprint density at radius 2 is 1.85 bits per heavy atom. The SMILES string of the molecule is NC(c1ccccc1)c1nc(Cc2ccccn2)no1. The lowest BCUT2D eigenvalue weighted by Crippen LogP contribution is -2.12. The highest BCUT2D eigenvalue weighted by Crippen LogP contribution is 2.17. The lowest BCUT2D eigenvalue weighted by atomic mass is 10.1. The van der Waals surface area contributed by atoms with E-state index in [-0.39, 0.29) is 0 Å². The highest BCUT2D eigenvalue weighted by atomic mass is 16.5. The maximum Gasteiger partial charge on any atom is 0.248 e. The summed E-state index contributed by atoms with van der Waals surface area (Å²) in [5.74, 6) is 1.01. The molecule has 1 atom stereocenters. The first-order valence-electron chi connectivity index (χ1n) is 6.36. The van der Waals surface area contributed by atoms with E-state index in [1.54, 1.807) is 6.20 Å². The normalized spacial score (nSPS) is 12.2. The molecule has 0 saturated heterocycles. The van der Waals surface area contributed by atoms with Gasteiger partial charge < -0.3 is 10.3 Å². The average Bonchev–Trinajstić information content (AvgIpc) is 2.97. The number of nitrogens with two attached hydrogens (primary N) is 1. The van der Waals surface area contributed by atoms with Crippen molar-refractivity contribution in [2.24, 2.45) is 5.73 Å². The van der Waals surface area contributed by atoms with Gasteiger partial charge in [-0.05, 0) is 17.7 Å². The first kappa shape index (κ1) is 12.5. The molecule has 0 spiro atoms. The third-order valence-electron chi connectivity index (χ3n) is 2.97. The highest BCUT2D eigenvalue weighted by Gasteiger charge is 2.16. The van der Waals surface area contributed by atoms with Crippen molar-refractivity contribution in [2.45, 2.75) is 12.5 Å². The molecule has 5 nitrogen and oxygen atoms in total. The van der Waals surface area contributed by atoms with Crippen LogP contribution < -0.4 is 5.73 Å². The van der Waals surface area contributed by atoms with E-state index in [9.17, 15) is 0 Å². The lowest BCUT2D eigenvalue weighted by molar-refractivity contribution is 0.363. The van der Waals surface area contributed by atoms with E-state index in [4.69, 9.17) is 10.3 Å². The van der Waals surface area contributed by atoms with Gasteiger partial charge in [-0.2, -0.15) is 4.98 Å². The van der Waals surface area contributed by atoms with E-state index < -0.39 is 6.04 Å². The Morgan fingerprint density at radius 3 is 2.60 bits per heavy atom. The molecule has 0 aliphatic rings. The molecule has 3 aromatic rings. The van der Waals surface area contributed by atoms with E-state index in [2.05, 4.69) is 15.1 Å². The molecule has 1 unspecified atom stereocenters. The van der Waals surface area contributed by atoms with Crippen LogP contribution >= 0.6 is 0 Å². The van der Waals surface area contributed by atoms with Gasteiger partial charge in [0.05, 0.1) is 6.42 Å². The number of rotatable bonds is 4. The third-order valence-corrected chi connectivity index (χ3v) is 2.97. The van der Waals surface area contributed by atoms with Crippen LogP contribution in [0.25, 0.3) is 0 Å². The predicted molar refractivity (Wildman–Crippen MR) is 73.8 cm³/mol. The molecular formula is C15H14N4O. The fraction of sp³-hybridized carbons (Fsp3) is 0.133. The van der Waals surface area contributed by atoms with Crippen LogP contribution in [0.1, 0.15) is 29.0 Å². The smallest absolute Gasteiger partial charge is 0.248 e. The Kier molecular flexibility index (Phi) is 3.52. The van der Waals surface area contributed by atoms with Crippen molar-refractivity contribution < 1.29 is 4.52 Å². The molecule has 0 aliphatic heterocycles. The lowest BCUT2D eigenvalue weighted by Gasteiger charge is -2.05. The second-order valence-corrected chi connectivity index (χ2v) is 4.44. The molecule has 100 valence electrons. The Balaban J connectivity index is 1.77. The summed E-state index contributed by atoms with van der Waals surface area (Å²) in [5.41, 5.74) is 7.95. The van der Waals surface area contributed by atoms with Gasteiger partial charge in [-0.1, -0.05) is 41.6 Å². The molecule has 0 radical (unpaired) electrons. The Morgan fingerprint density at radius 1 is 1.05 bits per heavy atom. The van der Waals surface area contributed by atoms with E-state index in [1.165, 1.54) is 0 Å². The minimum absolute atomic E-state index is 0.402. The van der Waals surface area contributed by atoms with Gasteiger partial charge in [-0.3, -0.25) is 4.98 Å². The standard InChI is InChI=1S/C15H14N4O/c16-14(11-6-2-1-3-7-11)15-18-13(19-20-15)10-12-8-4-5-9-17-12/h1-9,14H,10,16H2. The van der Waals surface area contributed by atoms with Crippen molar-refractivity contribution in [1.29, 1.82) is 0 Å².